The second-order valence-electron chi connectivity index (χ2n) is 2.98. The fourth-order valence-corrected chi connectivity index (χ4v) is 1.35. The minimum Gasteiger partial charge on any atom is -0.439 e. The van der Waals surface area contributed by atoms with Crippen LogP contribution < -0.4 is 5.73 Å². The molecule has 2 aromatic heterocycles. The van der Waals surface area contributed by atoms with Gasteiger partial charge in [0.1, 0.15) is 0 Å². The summed E-state index contributed by atoms with van der Waals surface area (Å²) in [7, 11) is 0. The minimum absolute atomic E-state index is 0.555. The second-order valence-corrected chi connectivity index (χ2v) is 3.41. The van der Waals surface area contributed by atoms with Gasteiger partial charge in [-0.2, -0.15) is 4.98 Å². The quantitative estimate of drug-likeness (QED) is 0.841. The number of rotatable bonds is 3. The predicted molar refractivity (Wildman–Crippen MR) is 54.2 cm³/mol. The van der Waals surface area contributed by atoms with Crippen LogP contribution >= 0.6 is 11.6 Å². The Morgan fingerprint density at radius 1 is 1.50 bits per heavy atom. The van der Waals surface area contributed by atoms with E-state index in [0.717, 1.165) is 12.8 Å². The summed E-state index contributed by atoms with van der Waals surface area (Å²) in [5, 5.41) is 0.555. The summed E-state index contributed by atoms with van der Waals surface area (Å²) in [6.07, 6.45) is 3.16. The number of pyridine rings is 1. The molecule has 74 valence electrons. The maximum Gasteiger partial charge on any atom is 0.198 e. The van der Waals surface area contributed by atoms with Crippen molar-refractivity contribution in [1.29, 1.82) is 0 Å². The monoisotopic (exact) mass is 211 g/mol. The maximum atomic E-state index is 5.76. The van der Waals surface area contributed by atoms with E-state index in [0.29, 0.717) is 28.7 Å². The Bertz CT molecular complexity index is 441. The molecule has 0 aliphatic heterocycles. The van der Waals surface area contributed by atoms with Crippen molar-refractivity contribution in [2.75, 3.05) is 6.54 Å². The molecule has 0 radical (unpaired) electrons. The van der Waals surface area contributed by atoms with Crippen LogP contribution in [0.5, 0.6) is 0 Å². The fourth-order valence-electron chi connectivity index (χ4n) is 1.20. The molecular formula is C9H10ClN3O. The molecule has 0 unspecified atom stereocenters. The SMILES string of the molecule is NCCCc1nc2ncc(Cl)cc2o1. The van der Waals surface area contributed by atoms with Crippen molar-refractivity contribution in [2.24, 2.45) is 5.73 Å². The molecule has 2 heterocycles. The van der Waals surface area contributed by atoms with Crippen LogP contribution in [0.1, 0.15) is 12.3 Å². The van der Waals surface area contributed by atoms with Crippen LogP contribution in [0.15, 0.2) is 16.7 Å². The van der Waals surface area contributed by atoms with Gasteiger partial charge in [-0.05, 0) is 13.0 Å². The van der Waals surface area contributed by atoms with Crippen molar-refractivity contribution in [3.8, 4) is 0 Å². The van der Waals surface area contributed by atoms with E-state index in [1.165, 1.54) is 0 Å². The number of halogens is 1. The molecule has 2 aromatic rings. The van der Waals surface area contributed by atoms with Crippen LogP contribution in [-0.2, 0) is 6.42 Å². The van der Waals surface area contributed by atoms with E-state index in [1.54, 1.807) is 12.3 Å². The standard InChI is InChI=1S/C9H10ClN3O/c10-6-4-7-9(12-5-6)13-8(14-7)2-1-3-11/h4-5H,1-3,11H2. The van der Waals surface area contributed by atoms with Gasteiger partial charge in [-0.25, -0.2) is 4.98 Å². The van der Waals surface area contributed by atoms with E-state index in [1.807, 2.05) is 0 Å². The van der Waals surface area contributed by atoms with Crippen LogP contribution in [0.2, 0.25) is 5.02 Å². The number of nitrogens with zero attached hydrogens (tertiary/aromatic N) is 2. The van der Waals surface area contributed by atoms with Crippen LogP contribution in [0.25, 0.3) is 11.2 Å². The van der Waals surface area contributed by atoms with Gasteiger partial charge in [-0.1, -0.05) is 11.6 Å². The molecule has 0 amide bonds. The average molecular weight is 212 g/mol. The van der Waals surface area contributed by atoms with Gasteiger partial charge >= 0.3 is 0 Å². The zero-order valence-corrected chi connectivity index (χ0v) is 8.29. The summed E-state index contributed by atoms with van der Waals surface area (Å²) in [5.74, 6) is 0.667. The van der Waals surface area contributed by atoms with Crippen molar-refractivity contribution < 1.29 is 4.42 Å². The number of hydrogen-bond donors (Lipinski definition) is 1. The molecule has 0 saturated carbocycles. The molecule has 0 aromatic carbocycles. The Kier molecular flexibility index (Phi) is 2.65. The molecule has 0 spiro atoms. The second kappa shape index (κ2) is 3.94. The lowest BCUT2D eigenvalue weighted by atomic mass is 10.3. The summed E-state index contributed by atoms with van der Waals surface area (Å²) >= 11 is 5.76. The Morgan fingerprint density at radius 2 is 2.36 bits per heavy atom. The maximum absolute atomic E-state index is 5.76. The van der Waals surface area contributed by atoms with Gasteiger partial charge in [-0.15, -0.1) is 0 Å². The highest BCUT2D eigenvalue weighted by atomic mass is 35.5. The van der Waals surface area contributed by atoms with Gasteiger partial charge in [0, 0.05) is 18.7 Å². The highest BCUT2D eigenvalue weighted by Crippen LogP contribution is 2.18. The van der Waals surface area contributed by atoms with E-state index in [4.69, 9.17) is 21.8 Å². The van der Waals surface area contributed by atoms with Crippen molar-refractivity contribution in [1.82, 2.24) is 9.97 Å². The molecule has 0 aliphatic carbocycles. The zero-order chi connectivity index (χ0) is 9.97. The van der Waals surface area contributed by atoms with Gasteiger partial charge in [0.05, 0.1) is 5.02 Å². The first-order chi connectivity index (χ1) is 6.79. The highest BCUT2D eigenvalue weighted by Gasteiger charge is 2.06. The van der Waals surface area contributed by atoms with E-state index in [2.05, 4.69) is 9.97 Å². The van der Waals surface area contributed by atoms with Gasteiger partial charge in [0.2, 0.25) is 0 Å². The summed E-state index contributed by atoms with van der Waals surface area (Å²) in [6.45, 7) is 0.632. The predicted octanol–water partition coefficient (Wildman–Crippen LogP) is 1.77. The third-order valence-electron chi connectivity index (χ3n) is 1.85. The lowest BCUT2D eigenvalue weighted by Gasteiger charge is -1.89. The largest absolute Gasteiger partial charge is 0.439 e. The summed E-state index contributed by atoms with van der Waals surface area (Å²) in [4.78, 5) is 8.24. The molecule has 0 bridgehead atoms. The molecule has 2 rings (SSSR count). The van der Waals surface area contributed by atoms with Crippen LogP contribution in [-0.4, -0.2) is 16.5 Å². The Hall–Kier alpha value is -1.13. The van der Waals surface area contributed by atoms with Crippen molar-refractivity contribution in [2.45, 2.75) is 12.8 Å². The highest BCUT2D eigenvalue weighted by molar-refractivity contribution is 6.30. The summed E-state index contributed by atoms with van der Waals surface area (Å²) in [5.41, 5.74) is 6.62. The molecule has 14 heavy (non-hydrogen) atoms. The van der Waals surface area contributed by atoms with Crippen LogP contribution in [0.4, 0.5) is 0 Å². The summed E-state index contributed by atoms with van der Waals surface area (Å²) in [6, 6.07) is 1.71. The molecule has 5 heteroatoms. The van der Waals surface area contributed by atoms with Crippen LogP contribution in [0, 0.1) is 0 Å². The topological polar surface area (TPSA) is 64.9 Å². The first kappa shape index (κ1) is 9.43. The number of aromatic nitrogens is 2. The molecule has 0 atom stereocenters. The van der Waals surface area contributed by atoms with Gasteiger partial charge in [0.25, 0.3) is 0 Å². The average Bonchev–Trinajstić information content (AvgIpc) is 2.56. The van der Waals surface area contributed by atoms with Crippen molar-refractivity contribution >= 4 is 22.8 Å². The first-order valence-corrected chi connectivity index (χ1v) is 4.78. The molecule has 0 aliphatic rings. The number of hydrogen-bond acceptors (Lipinski definition) is 4. The Labute approximate surface area is 86.1 Å². The summed E-state index contributed by atoms with van der Waals surface area (Å²) < 4.78 is 5.44. The van der Waals surface area contributed by atoms with Crippen molar-refractivity contribution in [3.63, 3.8) is 0 Å². The third kappa shape index (κ3) is 1.86. The smallest absolute Gasteiger partial charge is 0.198 e. The lowest BCUT2D eigenvalue weighted by molar-refractivity contribution is 0.521. The molecular weight excluding hydrogens is 202 g/mol. The molecule has 4 nitrogen and oxygen atoms in total. The zero-order valence-electron chi connectivity index (χ0n) is 7.53. The van der Waals surface area contributed by atoms with Gasteiger partial charge in [-0.3, -0.25) is 0 Å². The van der Waals surface area contributed by atoms with Gasteiger partial charge < -0.3 is 10.2 Å². The first-order valence-electron chi connectivity index (χ1n) is 4.40. The van der Waals surface area contributed by atoms with E-state index in [9.17, 15) is 0 Å². The molecule has 2 N–H and O–H groups in total. The number of aryl methyl sites for hydroxylation is 1. The van der Waals surface area contributed by atoms with E-state index < -0.39 is 0 Å². The van der Waals surface area contributed by atoms with E-state index >= 15 is 0 Å². The minimum atomic E-state index is 0.555. The van der Waals surface area contributed by atoms with Gasteiger partial charge in [0.15, 0.2) is 17.1 Å². The Balaban J connectivity index is 2.32. The Morgan fingerprint density at radius 3 is 3.14 bits per heavy atom. The van der Waals surface area contributed by atoms with Crippen LogP contribution in [0.3, 0.4) is 0 Å². The number of nitrogens with two attached hydrogens (primary N) is 1. The normalized spacial score (nSPS) is 11.0. The molecule has 0 fully saturated rings. The fraction of sp³-hybridized carbons (Fsp3) is 0.333. The third-order valence-corrected chi connectivity index (χ3v) is 2.06. The van der Waals surface area contributed by atoms with Crippen molar-refractivity contribution in [3.05, 3.63) is 23.2 Å². The molecule has 0 saturated heterocycles. The lowest BCUT2D eigenvalue weighted by Crippen LogP contribution is -2.00. The van der Waals surface area contributed by atoms with E-state index in [-0.39, 0.29) is 0 Å². The number of oxazole rings is 1. The number of fused-ring (bicyclic) bond motifs is 1.